The fourth-order valence-corrected chi connectivity index (χ4v) is 3.81. The largest absolute Gasteiger partial charge is 0.260 e. The van der Waals surface area contributed by atoms with E-state index in [0.717, 1.165) is 24.1 Å². The normalized spacial score (nSPS) is 15.4. The highest BCUT2D eigenvalue weighted by atomic mass is 35.5. The molecule has 1 saturated carbocycles. The van der Waals surface area contributed by atoms with Gasteiger partial charge in [-0.3, -0.25) is 4.98 Å². The van der Waals surface area contributed by atoms with Crippen LogP contribution in [0.3, 0.4) is 0 Å². The zero-order chi connectivity index (χ0) is 16.3. The molecule has 0 amide bonds. The van der Waals surface area contributed by atoms with Gasteiger partial charge in [-0.1, -0.05) is 29.8 Å². The van der Waals surface area contributed by atoms with Gasteiger partial charge in [0.2, 0.25) is 10.0 Å². The van der Waals surface area contributed by atoms with E-state index >= 15 is 0 Å². The SMILES string of the molecule is O=S(=O)(C=Cc1ccc(Cl)cc1)N(Cc1ccccn1)C1CC1. The van der Waals surface area contributed by atoms with Gasteiger partial charge in [0.1, 0.15) is 0 Å². The molecule has 23 heavy (non-hydrogen) atoms. The molecule has 1 heterocycles. The van der Waals surface area contributed by atoms with Gasteiger partial charge in [-0.25, -0.2) is 8.42 Å². The first kappa shape index (κ1) is 16.2. The zero-order valence-electron chi connectivity index (χ0n) is 12.5. The Hall–Kier alpha value is -1.69. The van der Waals surface area contributed by atoms with Crippen LogP contribution in [0.5, 0.6) is 0 Å². The van der Waals surface area contributed by atoms with Crippen LogP contribution in [-0.4, -0.2) is 23.7 Å². The van der Waals surface area contributed by atoms with Crippen molar-refractivity contribution in [1.29, 1.82) is 0 Å². The third kappa shape index (κ3) is 4.41. The Morgan fingerprint density at radius 1 is 1.17 bits per heavy atom. The second kappa shape index (κ2) is 6.83. The van der Waals surface area contributed by atoms with Crippen LogP contribution in [0, 0.1) is 0 Å². The van der Waals surface area contributed by atoms with Crippen LogP contribution >= 0.6 is 11.6 Å². The van der Waals surface area contributed by atoms with Crippen LogP contribution in [0.15, 0.2) is 54.1 Å². The Labute approximate surface area is 141 Å². The second-order valence-electron chi connectivity index (χ2n) is 5.50. The van der Waals surface area contributed by atoms with E-state index in [1.54, 1.807) is 36.5 Å². The molecule has 4 nitrogen and oxygen atoms in total. The summed E-state index contributed by atoms with van der Waals surface area (Å²) >= 11 is 5.83. The fraction of sp³-hybridized carbons (Fsp3) is 0.235. The second-order valence-corrected chi connectivity index (χ2v) is 7.70. The van der Waals surface area contributed by atoms with Gasteiger partial charge in [0.15, 0.2) is 0 Å². The molecule has 0 radical (unpaired) electrons. The average molecular weight is 349 g/mol. The van der Waals surface area contributed by atoms with E-state index < -0.39 is 10.0 Å². The monoisotopic (exact) mass is 348 g/mol. The molecular weight excluding hydrogens is 332 g/mol. The van der Waals surface area contributed by atoms with Crippen molar-refractivity contribution in [3.05, 3.63) is 70.3 Å². The highest BCUT2D eigenvalue weighted by Crippen LogP contribution is 2.31. The smallest absolute Gasteiger partial charge is 0.236 e. The summed E-state index contributed by atoms with van der Waals surface area (Å²) in [6, 6.07) is 12.7. The van der Waals surface area contributed by atoms with E-state index in [1.807, 2.05) is 18.2 Å². The lowest BCUT2D eigenvalue weighted by atomic mass is 10.2. The lowest BCUT2D eigenvalue weighted by Gasteiger charge is -2.19. The topological polar surface area (TPSA) is 50.3 Å². The maximum atomic E-state index is 12.6. The first-order chi connectivity index (χ1) is 11.0. The molecule has 1 aliphatic carbocycles. The molecular formula is C17H17ClN2O2S. The molecule has 120 valence electrons. The van der Waals surface area contributed by atoms with Crippen LogP contribution in [0.4, 0.5) is 0 Å². The fourth-order valence-electron chi connectivity index (χ4n) is 2.26. The van der Waals surface area contributed by atoms with Crippen molar-refractivity contribution in [3.63, 3.8) is 0 Å². The summed E-state index contributed by atoms with van der Waals surface area (Å²) in [5.74, 6) is 0. The summed E-state index contributed by atoms with van der Waals surface area (Å²) in [4.78, 5) is 4.23. The predicted molar refractivity (Wildman–Crippen MR) is 92.2 cm³/mol. The molecule has 1 aromatic heterocycles. The minimum absolute atomic E-state index is 0.0804. The van der Waals surface area contributed by atoms with Gasteiger partial charge in [0, 0.05) is 22.7 Å². The Balaban J connectivity index is 1.79. The lowest BCUT2D eigenvalue weighted by molar-refractivity contribution is 0.400. The van der Waals surface area contributed by atoms with Crippen LogP contribution in [0.1, 0.15) is 24.1 Å². The van der Waals surface area contributed by atoms with Crippen LogP contribution in [-0.2, 0) is 16.6 Å². The lowest BCUT2D eigenvalue weighted by Crippen LogP contribution is -2.31. The third-order valence-corrected chi connectivity index (χ3v) is 5.44. The summed E-state index contributed by atoms with van der Waals surface area (Å²) in [5.41, 5.74) is 1.55. The third-order valence-electron chi connectivity index (χ3n) is 3.63. The zero-order valence-corrected chi connectivity index (χ0v) is 14.0. The maximum Gasteiger partial charge on any atom is 0.236 e. The Bertz CT molecular complexity index is 785. The molecule has 0 atom stereocenters. The molecule has 0 bridgehead atoms. The minimum Gasteiger partial charge on any atom is -0.260 e. The van der Waals surface area contributed by atoms with Gasteiger partial charge in [0.05, 0.1) is 12.2 Å². The van der Waals surface area contributed by atoms with E-state index in [9.17, 15) is 8.42 Å². The number of benzene rings is 1. The minimum atomic E-state index is -3.49. The van der Waals surface area contributed by atoms with Crippen LogP contribution in [0.2, 0.25) is 5.02 Å². The molecule has 0 aliphatic heterocycles. The van der Waals surface area contributed by atoms with Crippen LogP contribution < -0.4 is 0 Å². The average Bonchev–Trinajstić information content (AvgIpc) is 3.38. The highest BCUT2D eigenvalue weighted by Gasteiger charge is 2.36. The summed E-state index contributed by atoms with van der Waals surface area (Å²) in [6.07, 6.45) is 5.08. The first-order valence-electron chi connectivity index (χ1n) is 7.40. The van der Waals surface area contributed by atoms with E-state index in [4.69, 9.17) is 11.6 Å². The van der Waals surface area contributed by atoms with E-state index in [2.05, 4.69) is 4.98 Å². The molecule has 1 aliphatic rings. The van der Waals surface area contributed by atoms with Crippen LogP contribution in [0.25, 0.3) is 6.08 Å². The van der Waals surface area contributed by atoms with Crippen molar-refractivity contribution in [1.82, 2.24) is 9.29 Å². The van der Waals surface area contributed by atoms with Crippen molar-refractivity contribution < 1.29 is 8.42 Å². The molecule has 3 rings (SSSR count). The van der Waals surface area contributed by atoms with Crippen molar-refractivity contribution in [2.45, 2.75) is 25.4 Å². The first-order valence-corrected chi connectivity index (χ1v) is 9.28. The predicted octanol–water partition coefficient (Wildman–Crippen LogP) is 3.70. The van der Waals surface area contributed by atoms with Gasteiger partial charge < -0.3 is 0 Å². The number of hydrogen-bond donors (Lipinski definition) is 0. The molecule has 0 unspecified atom stereocenters. The number of aromatic nitrogens is 1. The number of rotatable bonds is 6. The van der Waals surface area contributed by atoms with E-state index in [0.29, 0.717) is 11.6 Å². The number of sulfonamides is 1. The van der Waals surface area contributed by atoms with Gasteiger partial charge >= 0.3 is 0 Å². The van der Waals surface area contributed by atoms with Gasteiger partial charge in [0.25, 0.3) is 0 Å². The molecule has 0 N–H and O–H groups in total. The molecule has 1 aromatic carbocycles. The van der Waals surface area contributed by atoms with Gasteiger partial charge in [-0.2, -0.15) is 4.31 Å². The van der Waals surface area contributed by atoms with Gasteiger partial charge in [-0.15, -0.1) is 0 Å². The van der Waals surface area contributed by atoms with Crippen molar-refractivity contribution in [2.75, 3.05) is 0 Å². The van der Waals surface area contributed by atoms with Crippen molar-refractivity contribution >= 4 is 27.7 Å². The quantitative estimate of drug-likeness (QED) is 0.799. The van der Waals surface area contributed by atoms with E-state index in [1.165, 1.54) is 9.71 Å². The van der Waals surface area contributed by atoms with Gasteiger partial charge in [-0.05, 0) is 48.7 Å². The summed E-state index contributed by atoms with van der Waals surface area (Å²) < 4.78 is 26.8. The Morgan fingerprint density at radius 3 is 2.52 bits per heavy atom. The standard InChI is InChI=1S/C17H17ClN2O2S/c18-15-6-4-14(5-7-15)10-12-23(21,22)20(17-8-9-17)13-16-3-1-2-11-19-16/h1-7,10-12,17H,8-9,13H2. The van der Waals surface area contributed by atoms with Crippen molar-refractivity contribution in [2.24, 2.45) is 0 Å². The Morgan fingerprint density at radius 2 is 1.91 bits per heavy atom. The highest BCUT2D eigenvalue weighted by molar-refractivity contribution is 7.92. The number of halogens is 1. The molecule has 0 saturated heterocycles. The summed E-state index contributed by atoms with van der Waals surface area (Å²) in [6.45, 7) is 0.304. The van der Waals surface area contributed by atoms with E-state index in [-0.39, 0.29) is 6.04 Å². The Kier molecular flexibility index (Phi) is 4.80. The summed E-state index contributed by atoms with van der Waals surface area (Å²) in [5, 5.41) is 1.89. The molecule has 1 fully saturated rings. The molecule has 0 spiro atoms. The number of hydrogen-bond acceptors (Lipinski definition) is 3. The number of pyridine rings is 1. The summed E-state index contributed by atoms with van der Waals surface area (Å²) in [7, 11) is -3.49. The van der Waals surface area contributed by atoms with Crippen molar-refractivity contribution in [3.8, 4) is 0 Å². The molecule has 2 aromatic rings. The maximum absolute atomic E-state index is 12.6. The number of nitrogens with zero attached hydrogens (tertiary/aromatic N) is 2. The molecule has 6 heteroatoms.